The van der Waals surface area contributed by atoms with Gasteiger partial charge in [0.2, 0.25) is 0 Å². The lowest BCUT2D eigenvalue weighted by molar-refractivity contribution is -0.119. The van der Waals surface area contributed by atoms with Gasteiger partial charge in [-0.1, -0.05) is 42.5 Å². The smallest absolute Gasteiger partial charge is 0.325 e. The maximum absolute atomic E-state index is 12.6. The number of carbonyl (C=O) groups excluding carboxylic acids is 3. The molecule has 0 aromatic heterocycles. The van der Waals surface area contributed by atoms with Crippen LogP contribution in [-0.2, 0) is 11.2 Å². The molecular formula is C18H13N3O3. The van der Waals surface area contributed by atoms with Crippen LogP contribution in [0.15, 0.2) is 54.6 Å². The minimum atomic E-state index is -1.06. The molecule has 2 aromatic rings. The lowest BCUT2D eigenvalue weighted by Crippen LogP contribution is -2.46. The number of hydrogen-bond donors (Lipinski definition) is 0. The number of benzene rings is 2. The van der Waals surface area contributed by atoms with Gasteiger partial charge in [0.15, 0.2) is 0 Å². The molecule has 1 atom stereocenters. The Balaban J connectivity index is 2.00. The summed E-state index contributed by atoms with van der Waals surface area (Å²) in [6, 6.07) is 14.4. The molecular weight excluding hydrogens is 306 g/mol. The van der Waals surface area contributed by atoms with Crippen LogP contribution in [0, 0.1) is 0 Å². The van der Waals surface area contributed by atoms with E-state index in [4.69, 9.17) is 5.53 Å². The minimum Gasteiger partial charge on any atom is -0.361 e. The standard InChI is InChI=1S/C18H13N3O3/c19-20-11-16(22)15(10-12-6-2-1-3-7-12)21-17(23)13-8-4-5-9-14(13)18(21)24/h1-9,11,15H,10H2/t15-/m1/s1. The van der Waals surface area contributed by atoms with Gasteiger partial charge in [-0.3, -0.25) is 19.3 Å². The van der Waals surface area contributed by atoms with E-state index in [1.807, 2.05) is 6.07 Å². The first-order valence-corrected chi connectivity index (χ1v) is 7.35. The predicted molar refractivity (Wildman–Crippen MR) is 85.6 cm³/mol. The summed E-state index contributed by atoms with van der Waals surface area (Å²) in [6.45, 7) is 0. The van der Waals surface area contributed by atoms with Gasteiger partial charge in [0.25, 0.3) is 17.6 Å². The van der Waals surface area contributed by atoms with Gasteiger partial charge in [-0.05, 0) is 17.7 Å². The lowest BCUT2D eigenvalue weighted by atomic mass is 10.0. The van der Waals surface area contributed by atoms with Crippen LogP contribution in [0.5, 0.6) is 0 Å². The second kappa shape index (κ2) is 6.40. The number of carbonyl (C=O) groups is 3. The number of nitrogens with zero attached hydrogens (tertiary/aromatic N) is 3. The van der Waals surface area contributed by atoms with Gasteiger partial charge >= 0.3 is 6.21 Å². The molecule has 0 bridgehead atoms. The molecule has 0 fully saturated rings. The molecule has 1 aliphatic rings. The summed E-state index contributed by atoms with van der Waals surface area (Å²) in [5, 5.41) is 0. The zero-order chi connectivity index (χ0) is 17.1. The van der Waals surface area contributed by atoms with Crippen LogP contribution in [0.25, 0.3) is 5.53 Å². The third kappa shape index (κ3) is 2.66. The molecule has 3 rings (SSSR count). The fraction of sp³-hybridized carbons (Fsp3) is 0.111. The molecule has 0 unspecified atom stereocenters. The maximum Gasteiger partial charge on any atom is 0.325 e. The van der Waals surface area contributed by atoms with Crippen molar-refractivity contribution in [3.63, 3.8) is 0 Å². The Kier molecular flexibility index (Phi) is 4.14. The Morgan fingerprint density at radius 2 is 1.54 bits per heavy atom. The van der Waals surface area contributed by atoms with Crippen molar-refractivity contribution in [1.82, 2.24) is 4.90 Å². The van der Waals surface area contributed by atoms with E-state index in [2.05, 4.69) is 4.79 Å². The van der Waals surface area contributed by atoms with Gasteiger partial charge in [0.1, 0.15) is 6.04 Å². The van der Waals surface area contributed by atoms with Crippen molar-refractivity contribution < 1.29 is 19.2 Å². The average molecular weight is 319 g/mol. The van der Waals surface area contributed by atoms with Crippen molar-refractivity contribution in [2.45, 2.75) is 12.5 Å². The van der Waals surface area contributed by atoms with E-state index in [1.54, 1.807) is 48.5 Å². The highest BCUT2D eigenvalue weighted by Crippen LogP contribution is 2.26. The van der Waals surface area contributed by atoms with Gasteiger partial charge in [0, 0.05) is 6.42 Å². The molecule has 0 spiro atoms. The topological polar surface area (TPSA) is 90.8 Å². The predicted octanol–water partition coefficient (Wildman–Crippen LogP) is 1.76. The maximum atomic E-state index is 12.6. The number of ketones is 1. The van der Waals surface area contributed by atoms with E-state index in [9.17, 15) is 14.4 Å². The summed E-state index contributed by atoms with van der Waals surface area (Å²) in [6.07, 6.45) is 0.869. The Labute approximate surface area is 137 Å². The summed E-state index contributed by atoms with van der Waals surface area (Å²) < 4.78 is 0. The highest BCUT2D eigenvalue weighted by Gasteiger charge is 2.42. The highest BCUT2D eigenvalue weighted by molar-refractivity contribution is 6.31. The first-order valence-electron chi connectivity index (χ1n) is 7.35. The van der Waals surface area contributed by atoms with Gasteiger partial charge in [-0.25, -0.2) is 0 Å². The fourth-order valence-electron chi connectivity index (χ4n) is 2.79. The molecule has 0 aliphatic carbocycles. The van der Waals surface area contributed by atoms with Crippen molar-refractivity contribution in [2.24, 2.45) is 0 Å². The third-order valence-electron chi connectivity index (χ3n) is 3.92. The summed E-state index contributed by atoms with van der Waals surface area (Å²) in [5.41, 5.74) is 10.00. The summed E-state index contributed by atoms with van der Waals surface area (Å²) in [7, 11) is 0. The lowest BCUT2D eigenvalue weighted by Gasteiger charge is -2.22. The number of Topliss-reactive ketones (excluding diaryl/α,β-unsaturated/α-hetero) is 1. The van der Waals surface area contributed by atoms with Gasteiger partial charge in [0.05, 0.1) is 11.1 Å². The largest absolute Gasteiger partial charge is 0.361 e. The van der Waals surface area contributed by atoms with E-state index < -0.39 is 23.6 Å². The van der Waals surface area contributed by atoms with Crippen molar-refractivity contribution in [1.29, 1.82) is 0 Å². The number of amides is 2. The zero-order valence-electron chi connectivity index (χ0n) is 12.6. The van der Waals surface area contributed by atoms with E-state index >= 15 is 0 Å². The monoisotopic (exact) mass is 319 g/mol. The molecule has 1 aliphatic heterocycles. The number of imide groups is 1. The Hall–Kier alpha value is -3.37. The number of rotatable bonds is 5. The van der Waals surface area contributed by atoms with Gasteiger partial charge in [-0.2, -0.15) is 4.79 Å². The summed E-state index contributed by atoms with van der Waals surface area (Å²) in [4.78, 5) is 41.2. The van der Waals surface area contributed by atoms with E-state index in [-0.39, 0.29) is 17.5 Å². The number of fused-ring (bicyclic) bond motifs is 1. The third-order valence-corrected chi connectivity index (χ3v) is 3.92. The zero-order valence-corrected chi connectivity index (χ0v) is 12.6. The van der Waals surface area contributed by atoms with Crippen LogP contribution in [0.2, 0.25) is 0 Å². The first-order chi connectivity index (χ1) is 11.6. The minimum absolute atomic E-state index is 0.150. The van der Waals surface area contributed by atoms with Crippen LogP contribution in [-0.4, -0.2) is 39.5 Å². The van der Waals surface area contributed by atoms with Crippen molar-refractivity contribution >= 4 is 23.8 Å². The fourth-order valence-corrected chi connectivity index (χ4v) is 2.79. The van der Waals surface area contributed by atoms with Crippen LogP contribution in [0.1, 0.15) is 26.3 Å². The van der Waals surface area contributed by atoms with Crippen LogP contribution in [0.4, 0.5) is 0 Å². The molecule has 2 amide bonds. The molecule has 0 saturated carbocycles. The van der Waals surface area contributed by atoms with Crippen molar-refractivity contribution in [2.75, 3.05) is 0 Å². The second-order valence-corrected chi connectivity index (χ2v) is 5.38. The molecule has 2 aromatic carbocycles. The first kappa shape index (κ1) is 15.5. The Morgan fingerprint density at radius 1 is 1.00 bits per heavy atom. The van der Waals surface area contributed by atoms with Gasteiger partial charge < -0.3 is 5.53 Å². The van der Waals surface area contributed by atoms with Crippen LogP contribution < -0.4 is 0 Å². The molecule has 118 valence electrons. The Bertz CT molecular complexity index is 835. The quantitative estimate of drug-likeness (QED) is 0.364. The van der Waals surface area contributed by atoms with E-state index in [1.165, 1.54) is 0 Å². The molecule has 24 heavy (non-hydrogen) atoms. The molecule has 0 saturated heterocycles. The molecule has 6 nitrogen and oxygen atoms in total. The molecule has 1 heterocycles. The van der Waals surface area contributed by atoms with E-state index in [0.717, 1.165) is 16.7 Å². The van der Waals surface area contributed by atoms with Crippen molar-refractivity contribution in [3.8, 4) is 0 Å². The second-order valence-electron chi connectivity index (χ2n) is 5.38. The van der Waals surface area contributed by atoms with Crippen LogP contribution in [0.3, 0.4) is 0 Å². The van der Waals surface area contributed by atoms with Gasteiger partial charge in [-0.15, -0.1) is 0 Å². The van der Waals surface area contributed by atoms with Crippen LogP contribution >= 0.6 is 0 Å². The molecule has 0 N–H and O–H groups in total. The summed E-state index contributed by atoms with van der Waals surface area (Å²) in [5.74, 6) is -1.65. The average Bonchev–Trinajstić information content (AvgIpc) is 2.86. The number of hydrogen-bond acceptors (Lipinski definition) is 3. The SMILES string of the molecule is [N-]=[N+]=CC(=O)[C@@H](Cc1ccccc1)N1C(=O)c2ccccc2C1=O. The molecule has 6 heteroatoms. The Morgan fingerprint density at radius 3 is 2.08 bits per heavy atom. The van der Waals surface area contributed by atoms with Crippen molar-refractivity contribution in [3.05, 3.63) is 76.8 Å². The van der Waals surface area contributed by atoms with E-state index in [0.29, 0.717) is 0 Å². The normalized spacial score (nSPS) is 14.1. The highest BCUT2D eigenvalue weighted by atomic mass is 16.2. The molecule has 0 radical (unpaired) electrons. The summed E-state index contributed by atoms with van der Waals surface area (Å²) >= 11 is 0.